The van der Waals surface area contributed by atoms with Crippen molar-refractivity contribution in [2.45, 2.75) is 26.7 Å². The Bertz CT molecular complexity index is 221. The molecule has 0 radical (unpaired) electrons. The zero-order valence-corrected chi connectivity index (χ0v) is 10.5. The van der Waals surface area contributed by atoms with Crippen molar-refractivity contribution in [2.24, 2.45) is 5.73 Å². The van der Waals surface area contributed by atoms with E-state index in [9.17, 15) is 0 Å². The molecule has 1 rings (SSSR count). The van der Waals surface area contributed by atoms with Gasteiger partial charge in [-0.2, -0.15) is 0 Å². The highest BCUT2D eigenvalue weighted by molar-refractivity contribution is 14.1. The molecule has 0 bridgehead atoms. The molecule has 0 saturated carbocycles. The molecule has 0 aliphatic rings. The highest BCUT2D eigenvalue weighted by atomic mass is 127. The zero-order chi connectivity index (χ0) is 10.1. The van der Waals surface area contributed by atoms with E-state index >= 15 is 0 Å². The van der Waals surface area contributed by atoms with Crippen molar-refractivity contribution in [3.05, 3.63) is 33.4 Å². The average molecular weight is 291 g/mol. The minimum Gasteiger partial charge on any atom is -0.330 e. The molecule has 0 aromatic heterocycles. The topological polar surface area (TPSA) is 26.0 Å². The second kappa shape index (κ2) is 8.51. The number of halogens is 1. The number of hydrogen-bond acceptors (Lipinski definition) is 1. The van der Waals surface area contributed by atoms with Crippen LogP contribution in [0, 0.1) is 3.57 Å². The lowest BCUT2D eigenvalue weighted by Gasteiger charge is -1.96. The van der Waals surface area contributed by atoms with Gasteiger partial charge in [-0.25, -0.2) is 0 Å². The Morgan fingerprint density at radius 2 is 1.77 bits per heavy atom. The van der Waals surface area contributed by atoms with Gasteiger partial charge in [-0.3, -0.25) is 0 Å². The first-order valence-corrected chi connectivity index (χ1v) is 5.77. The third kappa shape index (κ3) is 6.05. The summed E-state index contributed by atoms with van der Waals surface area (Å²) in [7, 11) is 0. The first-order valence-electron chi connectivity index (χ1n) is 4.69. The molecule has 2 N–H and O–H groups in total. The van der Waals surface area contributed by atoms with E-state index in [2.05, 4.69) is 60.7 Å². The van der Waals surface area contributed by atoms with Crippen LogP contribution in [0.15, 0.2) is 24.3 Å². The number of nitrogens with two attached hydrogens (primary N) is 1. The van der Waals surface area contributed by atoms with Gasteiger partial charge < -0.3 is 5.73 Å². The molecule has 1 aromatic rings. The summed E-state index contributed by atoms with van der Waals surface area (Å²) in [6.45, 7) is 5.05. The van der Waals surface area contributed by atoms with Crippen LogP contribution in [0.3, 0.4) is 0 Å². The van der Waals surface area contributed by atoms with Crippen LogP contribution in [-0.2, 0) is 6.42 Å². The summed E-state index contributed by atoms with van der Waals surface area (Å²) in [5.74, 6) is 0. The highest BCUT2D eigenvalue weighted by Gasteiger charge is 1.91. The van der Waals surface area contributed by atoms with E-state index in [1.165, 1.54) is 9.13 Å². The van der Waals surface area contributed by atoms with Crippen molar-refractivity contribution in [2.75, 3.05) is 6.54 Å². The molecule has 0 aliphatic carbocycles. The molecule has 1 aromatic carbocycles. The van der Waals surface area contributed by atoms with Crippen molar-refractivity contribution in [3.8, 4) is 0 Å². The predicted molar refractivity (Wildman–Crippen MR) is 67.9 cm³/mol. The highest BCUT2D eigenvalue weighted by Crippen LogP contribution is 2.10. The van der Waals surface area contributed by atoms with E-state index in [-0.39, 0.29) is 0 Å². The molecule has 2 heteroatoms. The smallest absolute Gasteiger partial charge is 0.0162 e. The van der Waals surface area contributed by atoms with Crippen LogP contribution >= 0.6 is 22.6 Å². The molecule has 0 atom stereocenters. The summed E-state index contributed by atoms with van der Waals surface area (Å²) in [5.41, 5.74) is 6.47. The summed E-state index contributed by atoms with van der Waals surface area (Å²) >= 11 is 2.36. The summed E-state index contributed by atoms with van der Waals surface area (Å²) < 4.78 is 1.37. The molecule has 0 heterocycles. The van der Waals surface area contributed by atoms with Gasteiger partial charge in [-0.15, -0.1) is 0 Å². The molecular formula is C11H18IN. The summed E-state index contributed by atoms with van der Waals surface area (Å²) in [6, 6.07) is 8.46. The van der Waals surface area contributed by atoms with Gasteiger partial charge in [0, 0.05) is 3.57 Å². The summed E-state index contributed by atoms with van der Waals surface area (Å²) in [5, 5.41) is 0. The zero-order valence-electron chi connectivity index (χ0n) is 8.39. The number of benzene rings is 1. The second-order valence-electron chi connectivity index (χ2n) is 2.73. The summed E-state index contributed by atoms with van der Waals surface area (Å²) in [4.78, 5) is 0. The quantitative estimate of drug-likeness (QED) is 0.832. The maximum Gasteiger partial charge on any atom is 0.0162 e. The lowest BCUT2D eigenvalue weighted by atomic mass is 10.2. The maximum absolute atomic E-state index is 5.03. The van der Waals surface area contributed by atoms with Gasteiger partial charge in [0.2, 0.25) is 0 Å². The molecule has 0 saturated heterocycles. The van der Waals surface area contributed by atoms with Crippen LogP contribution in [0.25, 0.3) is 0 Å². The van der Waals surface area contributed by atoms with Crippen molar-refractivity contribution in [3.63, 3.8) is 0 Å². The minimum atomic E-state index is 0.819. The Hall–Kier alpha value is -0.0900. The van der Waals surface area contributed by atoms with Gasteiger partial charge in [-0.1, -0.05) is 32.0 Å². The van der Waals surface area contributed by atoms with Crippen LogP contribution in [0.2, 0.25) is 0 Å². The number of rotatable bonds is 2. The fourth-order valence-electron chi connectivity index (χ4n) is 0.785. The molecule has 1 nitrogen and oxygen atoms in total. The fraction of sp³-hybridized carbons (Fsp3) is 0.455. The van der Waals surface area contributed by atoms with E-state index in [1.54, 1.807) is 0 Å². The standard InChI is InChI=1S/C8H9I.C3H9N/c1-2-7-5-3-4-6-8(7)9;1-2-3-4/h3-6H,2H2,1H3;2-4H2,1H3. The third-order valence-electron chi connectivity index (χ3n) is 1.63. The summed E-state index contributed by atoms with van der Waals surface area (Å²) in [6.07, 6.45) is 2.24. The molecule has 0 fully saturated rings. The second-order valence-corrected chi connectivity index (χ2v) is 3.90. The largest absolute Gasteiger partial charge is 0.330 e. The van der Waals surface area contributed by atoms with Crippen molar-refractivity contribution in [1.82, 2.24) is 0 Å². The van der Waals surface area contributed by atoms with E-state index in [0.29, 0.717) is 0 Å². The van der Waals surface area contributed by atoms with Crippen LogP contribution in [0.4, 0.5) is 0 Å². The normalized spacial score (nSPS) is 8.92. The molecule has 0 unspecified atom stereocenters. The van der Waals surface area contributed by atoms with E-state index in [4.69, 9.17) is 5.73 Å². The first-order chi connectivity index (χ1) is 6.26. The Labute approximate surface area is 94.9 Å². The van der Waals surface area contributed by atoms with Crippen LogP contribution in [-0.4, -0.2) is 6.54 Å². The van der Waals surface area contributed by atoms with Gasteiger partial charge >= 0.3 is 0 Å². The average Bonchev–Trinajstić information content (AvgIpc) is 2.19. The molecule has 74 valence electrons. The molecule has 0 aliphatic heterocycles. The Kier molecular flexibility index (Phi) is 8.45. The van der Waals surface area contributed by atoms with Crippen molar-refractivity contribution in [1.29, 1.82) is 0 Å². The lowest BCUT2D eigenvalue weighted by Crippen LogP contribution is -1.93. The Morgan fingerprint density at radius 3 is 2.08 bits per heavy atom. The lowest BCUT2D eigenvalue weighted by molar-refractivity contribution is 0.932. The molecule has 0 amide bonds. The van der Waals surface area contributed by atoms with Crippen molar-refractivity contribution >= 4 is 22.6 Å². The van der Waals surface area contributed by atoms with E-state index < -0.39 is 0 Å². The third-order valence-corrected chi connectivity index (χ3v) is 2.68. The Balaban J connectivity index is 0.000000310. The van der Waals surface area contributed by atoms with Gasteiger partial charge in [-0.05, 0) is 53.6 Å². The first kappa shape index (κ1) is 12.9. The van der Waals surface area contributed by atoms with Gasteiger partial charge in [0.1, 0.15) is 0 Å². The van der Waals surface area contributed by atoms with Crippen LogP contribution < -0.4 is 5.73 Å². The van der Waals surface area contributed by atoms with Gasteiger partial charge in [0.05, 0.1) is 0 Å². The van der Waals surface area contributed by atoms with E-state index in [1.807, 2.05) is 0 Å². The molecule has 0 spiro atoms. The monoisotopic (exact) mass is 291 g/mol. The van der Waals surface area contributed by atoms with Gasteiger partial charge in [0.25, 0.3) is 0 Å². The minimum absolute atomic E-state index is 0.819. The maximum atomic E-state index is 5.03. The SMILES string of the molecule is CCCN.CCc1ccccc1I. The van der Waals surface area contributed by atoms with Gasteiger partial charge in [0.15, 0.2) is 0 Å². The number of hydrogen-bond donors (Lipinski definition) is 1. The van der Waals surface area contributed by atoms with Crippen LogP contribution in [0.1, 0.15) is 25.8 Å². The Morgan fingerprint density at radius 1 is 1.23 bits per heavy atom. The van der Waals surface area contributed by atoms with Crippen molar-refractivity contribution < 1.29 is 0 Å². The molecular weight excluding hydrogens is 273 g/mol. The van der Waals surface area contributed by atoms with E-state index in [0.717, 1.165) is 19.4 Å². The fourth-order valence-corrected chi connectivity index (χ4v) is 1.55. The molecule has 13 heavy (non-hydrogen) atoms. The predicted octanol–water partition coefficient (Wildman–Crippen LogP) is 3.21. The number of aryl methyl sites for hydroxylation is 1. The van der Waals surface area contributed by atoms with Crippen LogP contribution in [0.5, 0.6) is 0 Å².